The second kappa shape index (κ2) is 6.81. The number of nitrogens with zero attached hydrogens (tertiary/aromatic N) is 2. The molecule has 0 aliphatic rings. The Morgan fingerprint density at radius 2 is 2.19 bits per heavy atom. The van der Waals surface area contributed by atoms with Crippen molar-refractivity contribution in [3.63, 3.8) is 0 Å². The first-order valence-corrected chi connectivity index (χ1v) is 8.00. The maximum Gasteiger partial charge on any atom is 0.131 e. The fraction of sp³-hybridized carbons (Fsp3) is 0.400. The molecule has 1 aromatic heterocycles. The van der Waals surface area contributed by atoms with Crippen LogP contribution in [0.2, 0.25) is 5.02 Å². The number of rotatable bonds is 5. The summed E-state index contributed by atoms with van der Waals surface area (Å²) in [4.78, 5) is 0. The fourth-order valence-corrected chi connectivity index (χ4v) is 2.69. The molecule has 0 bridgehead atoms. The van der Waals surface area contributed by atoms with Gasteiger partial charge in [0, 0.05) is 22.6 Å². The number of ether oxygens (including phenoxy) is 1. The van der Waals surface area contributed by atoms with Crippen LogP contribution in [0.25, 0.3) is 0 Å². The topological polar surface area (TPSA) is 53.1 Å². The van der Waals surface area contributed by atoms with Gasteiger partial charge in [-0.3, -0.25) is 4.68 Å². The SMILES string of the molecule is CCn1nc(C)c(Cl)c1COc1cc(Br)ccc1[C@@H](C)N. The van der Waals surface area contributed by atoms with Crippen molar-refractivity contribution in [3.05, 3.63) is 44.6 Å². The van der Waals surface area contributed by atoms with Crippen LogP contribution in [0.5, 0.6) is 5.75 Å². The number of nitrogens with two attached hydrogens (primary N) is 1. The Balaban J connectivity index is 2.26. The molecule has 0 amide bonds. The molecule has 1 atom stereocenters. The number of hydrogen-bond donors (Lipinski definition) is 1. The van der Waals surface area contributed by atoms with Gasteiger partial charge in [-0.15, -0.1) is 0 Å². The molecule has 21 heavy (non-hydrogen) atoms. The summed E-state index contributed by atoms with van der Waals surface area (Å²) in [6.45, 7) is 6.97. The van der Waals surface area contributed by atoms with Crippen LogP contribution in [0, 0.1) is 6.92 Å². The largest absolute Gasteiger partial charge is 0.487 e. The van der Waals surface area contributed by atoms with Crippen LogP contribution in [0.3, 0.4) is 0 Å². The van der Waals surface area contributed by atoms with Gasteiger partial charge < -0.3 is 10.5 Å². The molecule has 0 saturated heterocycles. The van der Waals surface area contributed by atoms with Gasteiger partial charge in [0.05, 0.1) is 16.4 Å². The standard InChI is InChI=1S/C15H19BrClN3O/c1-4-20-13(15(17)10(3)19-20)8-21-14-7-11(16)5-6-12(14)9(2)18/h5-7,9H,4,8,18H2,1-3H3/t9-/m1/s1. The minimum atomic E-state index is -0.0959. The van der Waals surface area contributed by atoms with Gasteiger partial charge in [-0.05, 0) is 32.9 Å². The molecule has 2 rings (SSSR count). The van der Waals surface area contributed by atoms with E-state index in [0.29, 0.717) is 11.6 Å². The van der Waals surface area contributed by atoms with Crippen LogP contribution in [-0.2, 0) is 13.2 Å². The van der Waals surface area contributed by atoms with E-state index in [1.165, 1.54) is 0 Å². The third-order valence-electron chi connectivity index (χ3n) is 3.28. The molecule has 4 nitrogen and oxygen atoms in total. The summed E-state index contributed by atoms with van der Waals surface area (Å²) in [6, 6.07) is 5.75. The average Bonchev–Trinajstić information content (AvgIpc) is 2.71. The van der Waals surface area contributed by atoms with Crippen LogP contribution in [0.1, 0.15) is 36.8 Å². The van der Waals surface area contributed by atoms with Crippen LogP contribution >= 0.6 is 27.5 Å². The first kappa shape index (κ1) is 16.3. The van der Waals surface area contributed by atoms with E-state index in [2.05, 4.69) is 21.0 Å². The van der Waals surface area contributed by atoms with Gasteiger partial charge in [-0.1, -0.05) is 33.6 Å². The lowest BCUT2D eigenvalue weighted by atomic mass is 10.1. The zero-order valence-electron chi connectivity index (χ0n) is 12.4. The number of halogens is 2. The predicted molar refractivity (Wildman–Crippen MR) is 88.7 cm³/mol. The number of aryl methyl sites for hydroxylation is 2. The molecule has 0 aliphatic carbocycles. The first-order chi connectivity index (χ1) is 9.93. The molecule has 0 fully saturated rings. The molecule has 6 heteroatoms. The van der Waals surface area contributed by atoms with E-state index in [1.54, 1.807) is 0 Å². The second-order valence-electron chi connectivity index (χ2n) is 4.92. The van der Waals surface area contributed by atoms with Crippen molar-refractivity contribution < 1.29 is 4.74 Å². The molecule has 0 unspecified atom stereocenters. The van der Waals surface area contributed by atoms with Crippen molar-refractivity contribution >= 4 is 27.5 Å². The first-order valence-electron chi connectivity index (χ1n) is 6.83. The van der Waals surface area contributed by atoms with E-state index >= 15 is 0 Å². The van der Waals surface area contributed by atoms with E-state index in [0.717, 1.165) is 33.7 Å². The van der Waals surface area contributed by atoms with Crippen molar-refractivity contribution in [3.8, 4) is 5.75 Å². The van der Waals surface area contributed by atoms with Gasteiger partial charge in [0.25, 0.3) is 0 Å². The van der Waals surface area contributed by atoms with E-state index < -0.39 is 0 Å². The van der Waals surface area contributed by atoms with Crippen LogP contribution < -0.4 is 10.5 Å². The molecule has 2 aromatic rings. The lowest BCUT2D eigenvalue weighted by Crippen LogP contribution is -2.10. The summed E-state index contributed by atoms with van der Waals surface area (Å²) in [7, 11) is 0. The van der Waals surface area contributed by atoms with Gasteiger partial charge in [0.15, 0.2) is 0 Å². The highest BCUT2D eigenvalue weighted by atomic mass is 79.9. The van der Waals surface area contributed by atoms with E-state index in [1.807, 2.05) is 43.7 Å². The summed E-state index contributed by atoms with van der Waals surface area (Å²) in [5.41, 5.74) is 8.65. The van der Waals surface area contributed by atoms with E-state index in [9.17, 15) is 0 Å². The van der Waals surface area contributed by atoms with Crippen LogP contribution in [0.15, 0.2) is 22.7 Å². The summed E-state index contributed by atoms with van der Waals surface area (Å²) in [6.07, 6.45) is 0. The lowest BCUT2D eigenvalue weighted by molar-refractivity contribution is 0.288. The highest BCUT2D eigenvalue weighted by Crippen LogP contribution is 2.29. The Kier molecular flexibility index (Phi) is 5.30. The summed E-state index contributed by atoms with van der Waals surface area (Å²) >= 11 is 9.75. The lowest BCUT2D eigenvalue weighted by Gasteiger charge is -2.15. The summed E-state index contributed by atoms with van der Waals surface area (Å²) in [5.74, 6) is 0.761. The maximum atomic E-state index is 6.30. The second-order valence-corrected chi connectivity index (χ2v) is 6.21. The third-order valence-corrected chi connectivity index (χ3v) is 4.27. The Bertz CT molecular complexity index is 640. The highest BCUT2D eigenvalue weighted by Gasteiger charge is 2.15. The molecular formula is C15H19BrClN3O. The Morgan fingerprint density at radius 3 is 2.81 bits per heavy atom. The van der Waals surface area contributed by atoms with Gasteiger partial charge in [0.1, 0.15) is 12.4 Å². The molecule has 2 N–H and O–H groups in total. The molecule has 0 aliphatic heterocycles. The third kappa shape index (κ3) is 3.59. The van der Waals surface area contributed by atoms with E-state index in [4.69, 9.17) is 22.1 Å². The zero-order chi connectivity index (χ0) is 15.6. The maximum absolute atomic E-state index is 6.30. The van der Waals surface area contributed by atoms with Crippen molar-refractivity contribution in [2.75, 3.05) is 0 Å². The van der Waals surface area contributed by atoms with Crippen molar-refractivity contribution in [2.24, 2.45) is 5.73 Å². The summed E-state index contributed by atoms with van der Waals surface area (Å²) < 4.78 is 8.76. The minimum absolute atomic E-state index is 0.0959. The number of hydrogen-bond acceptors (Lipinski definition) is 3. The quantitative estimate of drug-likeness (QED) is 0.854. The van der Waals surface area contributed by atoms with Crippen molar-refractivity contribution in [1.82, 2.24) is 9.78 Å². The number of benzene rings is 1. The Hall–Kier alpha value is -1.04. The van der Waals surface area contributed by atoms with Gasteiger partial charge >= 0.3 is 0 Å². The highest BCUT2D eigenvalue weighted by molar-refractivity contribution is 9.10. The molecule has 114 valence electrons. The van der Waals surface area contributed by atoms with Gasteiger partial charge in [-0.2, -0.15) is 5.10 Å². The zero-order valence-corrected chi connectivity index (χ0v) is 14.7. The Morgan fingerprint density at radius 1 is 1.48 bits per heavy atom. The molecule has 0 spiro atoms. The van der Waals surface area contributed by atoms with Crippen LogP contribution in [-0.4, -0.2) is 9.78 Å². The molecule has 0 saturated carbocycles. The number of aromatic nitrogens is 2. The fourth-order valence-electron chi connectivity index (χ4n) is 2.16. The minimum Gasteiger partial charge on any atom is -0.487 e. The molecule has 1 aromatic carbocycles. The van der Waals surface area contributed by atoms with Crippen molar-refractivity contribution in [1.29, 1.82) is 0 Å². The summed E-state index contributed by atoms with van der Waals surface area (Å²) in [5, 5.41) is 5.05. The smallest absolute Gasteiger partial charge is 0.131 e. The monoisotopic (exact) mass is 371 g/mol. The predicted octanol–water partition coefficient (Wildman–Crippen LogP) is 4.23. The van der Waals surface area contributed by atoms with Gasteiger partial charge in [0.2, 0.25) is 0 Å². The molecular weight excluding hydrogens is 354 g/mol. The normalized spacial score (nSPS) is 12.5. The van der Waals surface area contributed by atoms with Crippen molar-refractivity contribution in [2.45, 2.75) is 40.0 Å². The Labute approximate surface area is 138 Å². The van der Waals surface area contributed by atoms with Crippen LogP contribution in [0.4, 0.5) is 0 Å². The molecule has 0 radical (unpaired) electrons. The van der Waals surface area contributed by atoms with E-state index in [-0.39, 0.29) is 6.04 Å². The van der Waals surface area contributed by atoms with Gasteiger partial charge in [-0.25, -0.2) is 0 Å². The average molecular weight is 373 g/mol. The molecule has 1 heterocycles.